The number of ether oxygens (including phenoxy) is 1. The monoisotopic (exact) mass is 260 g/mol. The normalized spacial score (nSPS) is 24.3. The van der Waals surface area contributed by atoms with Gasteiger partial charge in [0, 0.05) is 26.2 Å². The van der Waals surface area contributed by atoms with Crippen molar-refractivity contribution < 1.29 is 24.5 Å². The topological polar surface area (TPSA) is 99.1 Å². The Labute approximate surface area is 106 Å². The van der Waals surface area contributed by atoms with Gasteiger partial charge in [0.05, 0.1) is 6.61 Å². The lowest BCUT2D eigenvalue weighted by molar-refractivity contribution is -0.163. The molecular weight excluding hydrogens is 240 g/mol. The second-order valence-corrected chi connectivity index (χ2v) is 4.52. The van der Waals surface area contributed by atoms with Crippen molar-refractivity contribution in [1.82, 2.24) is 10.2 Å². The number of hydrogen-bond donors (Lipinski definition) is 3. The molecule has 1 heterocycles. The summed E-state index contributed by atoms with van der Waals surface area (Å²) in [5, 5.41) is 21.7. The fraction of sp³-hybridized carbons (Fsp3) is 0.818. The van der Waals surface area contributed by atoms with Crippen LogP contribution in [0.25, 0.3) is 0 Å². The second-order valence-electron chi connectivity index (χ2n) is 4.52. The van der Waals surface area contributed by atoms with Gasteiger partial charge in [-0.2, -0.15) is 0 Å². The zero-order chi connectivity index (χ0) is 13.8. The van der Waals surface area contributed by atoms with E-state index in [1.54, 1.807) is 11.8 Å². The first-order valence-corrected chi connectivity index (χ1v) is 5.95. The highest BCUT2D eigenvalue weighted by Crippen LogP contribution is 2.12. The largest absolute Gasteiger partial charge is 0.479 e. The molecule has 2 atom stereocenters. The third-order valence-electron chi connectivity index (χ3n) is 2.88. The maximum Gasteiger partial charge on any atom is 0.336 e. The molecule has 0 amide bonds. The minimum absolute atomic E-state index is 0.104. The molecule has 0 saturated carbocycles. The maximum absolute atomic E-state index is 11.7. The molecular formula is C11H20N2O5. The van der Waals surface area contributed by atoms with Crippen molar-refractivity contribution in [2.45, 2.75) is 25.5 Å². The lowest BCUT2D eigenvalue weighted by Crippen LogP contribution is -2.60. The van der Waals surface area contributed by atoms with Gasteiger partial charge in [-0.25, -0.2) is 4.79 Å². The van der Waals surface area contributed by atoms with Crippen LogP contribution in [0, 0.1) is 0 Å². The summed E-state index contributed by atoms with van der Waals surface area (Å²) in [6.45, 7) is 4.64. The number of β-amino-alcohol motifs (C(OH)–C–C–N with tert-alkyl or cyclic N) is 1. The SMILES string of the molecule is CCOC(=O)C1CNCCN1CC(C)(O)C(=O)O. The van der Waals surface area contributed by atoms with Crippen molar-refractivity contribution >= 4 is 11.9 Å². The standard InChI is InChI=1S/C11H20N2O5/c1-3-18-9(14)8-6-12-4-5-13(8)7-11(2,17)10(15)16/h8,12,17H,3-7H2,1-2H3,(H,15,16). The Bertz CT molecular complexity index is 319. The third-order valence-corrected chi connectivity index (χ3v) is 2.88. The number of esters is 1. The van der Waals surface area contributed by atoms with Crippen LogP contribution in [0.1, 0.15) is 13.8 Å². The van der Waals surface area contributed by atoms with Gasteiger partial charge >= 0.3 is 11.9 Å². The van der Waals surface area contributed by atoms with Crippen molar-refractivity contribution in [3.8, 4) is 0 Å². The van der Waals surface area contributed by atoms with Gasteiger partial charge in [-0.1, -0.05) is 0 Å². The minimum atomic E-state index is -1.87. The molecule has 104 valence electrons. The molecule has 18 heavy (non-hydrogen) atoms. The molecule has 1 aliphatic heterocycles. The number of nitrogens with zero attached hydrogens (tertiary/aromatic N) is 1. The van der Waals surface area contributed by atoms with Crippen LogP contribution in [0.15, 0.2) is 0 Å². The van der Waals surface area contributed by atoms with Crippen molar-refractivity contribution in [1.29, 1.82) is 0 Å². The van der Waals surface area contributed by atoms with Crippen LogP contribution in [-0.4, -0.2) is 71.5 Å². The van der Waals surface area contributed by atoms with E-state index < -0.39 is 23.6 Å². The molecule has 0 bridgehead atoms. The number of carboxylic acids is 1. The summed E-state index contributed by atoms with van der Waals surface area (Å²) in [5.41, 5.74) is -1.87. The summed E-state index contributed by atoms with van der Waals surface area (Å²) in [4.78, 5) is 24.3. The third kappa shape index (κ3) is 3.66. The van der Waals surface area contributed by atoms with Crippen LogP contribution in [-0.2, 0) is 14.3 Å². The summed E-state index contributed by atoms with van der Waals surface area (Å²) in [6.07, 6.45) is 0. The number of aliphatic carboxylic acids is 1. The minimum Gasteiger partial charge on any atom is -0.479 e. The highest BCUT2D eigenvalue weighted by atomic mass is 16.5. The summed E-state index contributed by atoms with van der Waals surface area (Å²) >= 11 is 0. The van der Waals surface area contributed by atoms with Crippen molar-refractivity contribution in [2.75, 3.05) is 32.8 Å². The number of aliphatic hydroxyl groups is 1. The van der Waals surface area contributed by atoms with Crippen LogP contribution in [0.3, 0.4) is 0 Å². The van der Waals surface area contributed by atoms with Crippen LogP contribution >= 0.6 is 0 Å². The molecule has 0 aromatic carbocycles. The van der Waals surface area contributed by atoms with E-state index >= 15 is 0 Å². The highest BCUT2D eigenvalue weighted by Gasteiger charge is 2.38. The van der Waals surface area contributed by atoms with E-state index in [4.69, 9.17) is 9.84 Å². The van der Waals surface area contributed by atoms with Gasteiger partial charge < -0.3 is 20.3 Å². The first kappa shape index (κ1) is 14.9. The van der Waals surface area contributed by atoms with Gasteiger partial charge in [-0.05, 0) is 13.8 Å². The Balaban J connectivity index is 2.71. The number of carbonyl (C=O) groups is 2. The first-order chi connectivity index (χ1) is 8.38. The zero-order valence-corrected chi connectivity index (χ0v) is 10.7. The van der Waals surface area contributed by atoms with Crippen molar-refractivity contribution in [3.63, 3.8) is 0 Å². The molecule has 7 nitrogen and oxygen atoms in total. The van der Waals surface area contributed by atoms with E-state index in [1.807, 2.05) is 0 Å². The number of carbonyl (C=O) groups excluding carboxylic acids is 1. The fourth-order valence-electron chi connectivity index (χ4n) is 1.87. The quantitative estimate of drug-likeness (QED) is 0.526. The molecule has 1 fully saturated rings. The first-order valence-electron chi connectivity index (χ1n) is 5.95. The van der Waals surface area contributed by atoms with Crippen LogP contribution in [0.2, 0.25) is 0 Å². The average Bonchev–Trinajstić information content (AvgIpc) is 2.29. The lowest BCUT2D eigenvalue weighted by atomic mass is 10.0. The summed E-state index contributed by atoms with van der Waals surface area (Å²) in [6, 6.07) is -0.551. The highest BCUT2D eigenvalue weighted by molar-refractivity contribution is 5.78. The van der Waals surface area contributed by atoms with Gasteiger partial charge in [0.2, 0.25) is 0 Å². The smallest absolute Gasteiger partial charge is 0.336 e. The molecule has 0 spiro atoms. The predicted molar refractivity (Wildman–Crippen MR) is 63.1 cm³/mol. The van der Waals surface area contributed by atoms with E-state index in [1.165, 1.54) is 6.92 Å². The molecule has 2 unspecified atom stereocenters. The molecule has 7 heteroatoms. The molecule has 1 saturated heterocycles. The Morgan fingerprint density at radius 1 is 1.56 bits per heavy atom. The zero-order valence-electron chi connectivity index (χ0n) is 10.7. The number of nitrogens with one attached hydrogen (secondary N) is 1. The lowest BCUT2D eigenvalue weighted by Gasteiger charge is -2.37. The van der Waals surface area contributed by atoms with Gasteiger partial charge in [0.1, 0.15) is 6.04 Å². The Hall–Kier alpha value is -1.18. The molecule has 0 radical (unpaired) electrons. The molecule has 0 aromatic rings. The predicted octanol–water partition coefficient (Wildman–Crippen LogP) is -1.34. The Morgan fingerprint density at radius 2 is 2.22 bits per heavy atom. The molecule has 1 aliphatic rings. The van der Waals surface area contributed by atoms with E-state index in [9.17, 15) is 14.7 Å². The van der Waals surface area contributed by atoms with Crippen LogP contribution in [0.5, 0.6) is 0 Å². The van der Waals surface area contributed by atoms with E-state index in [0.717, 1.165) is 0 Å². The van der Waals surface area contributed by atoms with Gasteiger partial charge in [-0.3, -0.25) is 9.69 Å². The summed E-state index contributed by atoms with van der Waals surface area (Å²) in [5.74, 6) is -1.70. The maximum atomic E-state index is 11.7. The van der Waals surface area contributed by atoms with Gasteiger partial charge in [-0.15, -0.1) is 0 Å². The van der Waals surface area contributed by atoms with Crippen LogP contribution in [0.4, 0.5) is 0 Å². The number of carboxylic acid groups (broad SMARTS) is 1. The Kier molecular flexibility index (Phi) is 5.06. The number of rotatable bonds is 5. The second kappa shape index (κ2) is 6.12. The van der Waals surface area contributed by atoms with Crippen molar-refractivity contribution in [2.24, 2.45) is 0 Å². The van der Waals surface area contributed by atoms with E-state index in [2.05, 4.69) is 5.32 Å². The molecule has 0 aromatic heterocycles. The van der Waals surface area contributed by atoms with Gasteiger partial charge in [0.15, 0.2) is 5.60 Å². The summed E-state index contributed by atoms with van der Waals surface area (Å²) in [7, 11) is 0. The summed E-state index contributed by atoms with van der Waals surface area (Å²) < 4.78 is 4.94. The Morgan fingerprint density at radius 3 is 2.78 bits per heavy atom. The van der Waals surface area contributed by atoms with Crippen molar-refractivity contribution in [3.05, 3.63) is 0 Å². The van der Waals surface area contributed by atoms with E-state index in [0.29, 0.717) is 19.6 Å². The van der Waals surface area contributed by atoms with E-state index in [-0.39, 0.29) is 13.2 Å². The molecule has 1 rings (SSSR count). The van der Waals surface area contributed by atoms with Crippen LogP contribution < -0.4 is 5.32 Å². The number of piperazine rings is 1. The molecule has 3 N–H and O–H groups in total. The fourth-order valence-corrected chi connectivity index (χ4v) is 1.87. The molecule has 0 aliphatic carbocycles. The number of hydrogen-bond acceptors (Lipinski definition) is 6. The van der Waals surface area contributed by atoms with Gasteiger partial charge in [0.25, 0.3) is 0 Å². The average molecular weight is 260 g/mol.